The molecule has 0 aromatic rings. The number of thiol groups is 1. The van der Waals surface area contributed by atoms with Crippen LogP contribution in [0.3, 0.4) is 0 Å². The topological polar surface area (TPSA) is 12.0 Å². The fourth-order valence-electron chi connectivity index (χ4n) is 2.89. The molecule has 0 aliphatic rings. The number of hydrogen-bond donors (Lipinski definition) is 2. The Labute approximate surface area is 161 Å². The van der Waals surface area contributed by atoms with Crippen molar-refractivity contribution in [1.82, 2.24) is 5.32 Å². The largest absolute Gasteiger partial charge is 0.371 e. The summed E-state index contributed by atoms with van der Waals surface area (Å²) >= 11 is 14.6. The highest BCUT2D eigenvalue weighted by atomic mass is 35.5. The standard InChI is InChI=1S/C19H38ClNS2/c20-17-15-13-11-9-7-5-3-1-2-4-6-8-10-12-14-16-18-21-19(22)23/h1-18H2,(H2,21,22,23). The van der Waals surface area contributed by atoms with Crippen molar-refractivity contribution in [2.24, 2.45) is 0 Å². The lowest BCUT2D eigenvalue weighted by Gasteiger charge is -2.04. The van der Waals surface area contributed by atoms with Crippen LogP contribution in [0.15, 0.2) is 0 Å². The summed E-state index contributed by atoms with van der Waals surface area (Å²) in [5.74, 6) is 0.835. The molecule has 0 unspecified atom stereocenters. The van der Waals surface area contributed by atoms with Gasteiger partial charge in [0.1, 0.15) is 4.32 Å². The van der Waals surface area contributed by atoms with Gasteiger partial charge in [-0.25, -0.2) is 0 Å². The highest BCUT2D eigenvalue weighted by Gasteiger charge is 1.95. The summed E-state index contributed by atoms with van der Waals surface area (Å²) in [7, 11) is 0. The van der Waals surface area contributed by atoms with Crippen LogP contribution in [0.1, 0.15) is 103 Å². The molecule has 0 rings (SSSR count). The molecule has 138 valence electrons. The summed E-state index contributed by atoms with van der Waals surface area (Å²) in [6.45, 7) is 0.981. The van der Waals surface area contributed by atoms with Crippen molar-refractivity contribution < 1.29 is 0 Å². The maximum atomic E-state index is 5.67. The molecular formula is C19H38ClNS2. The average molecular weight is 380 g/mol. The minimum absolute atomic E-state index is 0.622. The second kappa shape index (κ2) is 20.6. The number of nitrogens with one attached hydrogen (secondary N) is 1. The van der Waals surface area contributed by atoms with Gasteiger partial charge in [-0.2, -0.15) is 0 Å². The molecule has 0 atom stereocenters. The molecule has 0 saturated carbocycles. The van der Waals surface area contributed by atoms with Gasteiger partial charge in [-0.05, 0) is 12.8 Å². The Morgan fingerprint density at radius 2 is 0.913 bits per heavy atom. The van der Waals surface area contributed by atoms with Crippen LogP contribution in [0.5, 0.6) is 0 Å². The predicted molar refractivity (Wildman–Crippen MR) is 114 cm³/mol. The Bertz CT molecular complexity index is 250. The van der Waals surface area contributed by atoms with E-state index in [2.05, 4.69) is 17.9 Å². The Morgan fingerprint density at radius 3 is 1.22 bits per heavy atom. The minimum Gasteiger partial charge on any atom is -0.371 e. The van der Waals surface area contributed by atoms with Gasteiger partial charge in [0.15, 0.2) is 0 Å². The third-order valence-corrected chi connectivity index (χ3v) is 4.91. The molecule has 0 aromatic carbocycles. The van der Waals surface area contributed by atoms with E-state index in [1.807, 2.05) is 0 Å². The lowest BCUT2D eigenvalue weighted by atomic mass is 10.0. The van der Waals surface area contributed by atoms with Crippen molar-refractivity contribution in [3.05, 3.63) is 0 Å². The fraction of sp³-hybridized carbons (Fsp3) is 0.947. The van der Waals surface area contributed by atoms with Crippen LogP contribution in [-0.4, -0.2) is 16.7 Å². The van der Waals surface area contributed by atoms with Crippen molar-refractivity contribution in [3.63, 3.8) is 0 Å². The molecule has 0 aromatic heterocycles. The molecule has 23 heavy (non-hydrogen) atoms. The number of hydrogen-bond acceptors (Lipinski definition) is 1. The first kappa shape index (κ1) is 23.5. The molecule has 1 N–H and O–H groups in total. The number of halogens is 1. The van der Waals surface area contributed by atoms with Gasteiger partial charge in [0.05, 0.1) is 0 Å². The highest BCUT2D eigenvalue weighted by molar-refractivity contribution is 8.11. The van der Waals surface area contributed by atoms with Crippen LogP contribution in [-0.2, 0) is 0 Å². The van der Waals surface area contributed by atoms with Crippen molar-refractivity contribution >= 4 is 40.8 Å². The highest BCUT2D eigenvalue weighted by Crippen LogP contribution is 2.13. The molecular weight excluding hydrogens is 342 g/mol. The zero-order chi connectivity index (χ0) is 17.0. The molecule has 0 saturated heterocycles. The van der Waals surface area contributed by atoms with E-state index in [1.165, 1.54) is 103 Å². The van der Waals surface area contributed by atoms with E-state index in [1.54, 1.807) is 0 Å². The molecule has 0 bridgehead atoms. The SMILES string of the molecule is S=C(S)NCCCCCCCCCCCCCCCCCCCl. The second-order valence-corrected chi connectivity index (χ2v) is 8.11. The van der Waals surface area contributed by atoms with Gasteiger partial charge in [-0.1, -0.05) is 102 Å². The van der Waals surface area contributed by atoms with Crippen molar-refractivity contribution in [1.29, 1.82) is 0 Å². The van der Waals surface area contributed by atoms with E-state index >= 15 is 0 Å². The summed E-state index contributed by atoms with van der Waals surface area (Å²) in [5, 5.41) is 3.09. The molecule has 0 spiro atoms. The minimum atomic E-state index is 0.622. The van der Waals surface area contributed by atoms with Crippen LogP contribution in [0.4, 0.5) is 0 Å². The Kier molecular flexibility index (Phi) is 21.0. The summed E-state index contributed by atoms with van der Waals surface area (Å²) in [5.41, 5.74) is 0. The quantitative estimate of drug-likeness (QED) is 0.112. The summed E-state index contributed by atoms with van der Waals surface area (Å²) in [6, 6.07) is 0. The Hall–Kier alpha value is 0.530. The Balaban J connectivity index is 2.96. The molecule has 4 heteroatoms. The zero-order valence-corrected chi connectivity index (χ0v) is 17.4. The third-order valence-electron chi connectivity index (χ3n) is 4.34. The van der Waals surface area contributed by atoms with Crippen molar-refractivity contribution in [3.8, 4) is 0 Å². The van der Waals surface area contributed by atoms with Gasteiger partial charge >= 0.3 is 0 Å². The first-order valence-electron chi connectivity index (χ1n) is 9.80. The van der Waals surface area contributed by atoms with Crippen molar-refractivity contribution in [2.45, 2.75) is 103 Å². The number of rotatable bonds is 18. The summed E-state index contributed by atoms with van der Waals surface area (Å²) in [4.78, 5) is 0. The van der Waals surface area contributed by atoms with Gasteiger partial charge in [0.2, 0.25) is 0 Å². The van der Waals surface area contributed by atoms with Crippen LogP contribution in [0.2, 0.25) is 0 Å². The van der Waals surface area contributed by atoms with E-state index in [0.717, 1.165) is 12.4 Å². The molecule has 0 fully saturated rings. The molecule has 0 aliphatic carbocycles. The maximum Gasteiger partial charge on any atom is 0.130 e. The van der Waals surface area contributed by atoms with E-state index in [9.17, 15) is 0 Å². The van der Waals surface area contributed by atoms with E-state index in [-0.39, 0.29) is 0 Å². The van der Waals surface area contributed by atoms with Crippen LogP contribution >= 0.6 is 36.4 Å². The number of alkyl halides is 1. The molecule has 0 aliphatic heterocycles. The van der Waals surface area contributed by atoms with E-state index < -0.39 is 0 Å². The smallest absolute Gasteiger partial charge is 0.130 e. The van der Waals surface area contributed by atoms with Gasteiger partial charge in [-0.3, -0.25) is 0 Å². The van der Waals surface area contributed by atoms with Gasteiger partial charge in [0.25, 0.3) is 0 Å². The Morgan fingerprint density at radius 1 is 0.609 bits per heavy atom. The van der Waals surface area contributed by atoms with Gasteiger partial charge in [0, 0.05) is 12.4 Å². The number of thiocarbonyl (C=S) groups is 1. The van der Waals surface area contributed by atoms with Gasteiger partial charge in [-0.15, -0.1) is 24.2 Å². The molecule has 0 radical (unpaired) electrons. The lowest BCUT2D eigenvalue weighted by molar-refractivity contribution is 0.529. The van der Waals surface area contributed by atoms with Crippen LogP contribution in [0.25, 0.3) is 0 Å². The molecule has 0 amide bonds. The molecule has 0 heterocycles. The average Bonchev–Trinajstić information content (AvgIpc) is 2.53. The first-order chi connectivity index (χ1) is 11.3. The maximum absolute atomic E-state index is 5.67. The van der Waals surface area contributed by atoms with E-state index in [4.69, 9.17) is 23.8 Å². The lowest BCUT2D eigenvalue weighted by Crippen LogP contribution is -2.17. The van der Waals surface area contributed by atoms with Crippen LogP contribution in [0, 0.1) is 0 Å². The monoisotopic (exact) mass is 379 g/mol. The normalized spacial score (nSPS) is 10.9. The summed E-state index contributed by atoms with van der Waals surface area (Å²) < 4.78 is 0.622. The number of unbranched alkanes of at least 4 members (excludes halogenated alkanes) is 15. The van der Waals surface area contributed by atoms with E-state index in [0.29, 0.717) is 4.32 Å². The fourth-order valence-corrected chi connectivity index (χ4v) is 3.29. The predicted octanol–water partition coefficient (Wildman–Crippen LogP) is 7.27. The summed E-state index contributed by atoms with van der Waals surface area (Å²) in [6.07, 6.45) is 22.1. The van der Waals surface area contributed by atoms with Crippen molar-refractivity contribution in [2.75, 3.05) is 12.4 Å². The second-order valence-electron chi connectivity index (χ2n) is 6.58. The van der Waals surface area contributed by atoms with Crippen LogP contribution < -0.4 is 5.32 Å². The van der Waals surface area contributed by atoms with Gasteiger partial charge < -0.3 is 5.32 Å². The molecule has 1 nitrogen and oxygen atoms in total. The third kappa shape index (κ3) is 22.5. The first-order valence-corrected chi connectivity index (χ1v) is 11.2. The zero-order valence-electron chi connectivity index (χ0n) is 15.0.